The Hall–Kier alpha value is -4.26. The van der Waals surface area contributed by atoms with E-state index < -0.39 is 6.04 Å². The molecule has 1 atom stereocenters. The summed E-state index contributed by atoms with van der Waals surface area (Å²) in [6, 6.07) is 18.0. The van der Waals surface area contributed by atoms with Crippen molar-refractivity contribution in [1.29, 1.82) is 0 Å². The minimum Gasteiger partial charge on any atom is -0.493 e. The molecular formula is C29H28N2O5. The van der Waals surface area contributed by atoms with E-state index >= 15 is 0 Å². The molecule has 36 heavy (non-hydrogen) atoms. The van der Waals surface area contributed by atoms with Gasteiger partial charge in [-0.1, -0.05) is 30.3 Å². The van der Waals surface area contributed by atoms with Crippen molar-refractivity contribution in [2.45, 2.75) is 25.3 Å². The lowest BCUT2D eigenvalue weighted by molar-refractivity contribution is -0.116. The van der Waals surface area contributed by atoms with Crippen molar-refractivity contribution in [3.05, 3.63) is 88.6 Å². The van der Waals surface area contributed by atoms with Crippen LogP contribution in [0.3, 0.4) is 0 Å². The maximum atomic E-state index is 13.2. The number of methoxy groups -OCH3 is 3. The summed E-state index contributed by atoms with van der Waals surface area (Å²) in [5.74, 6) is 1.55. The van der Waals surface area contributed by atoms with Gasteiger partial charge in [-0.15, -0.1) is 0 Å². The van der Waals surface area contributed by atoms with Crippen LogP contribution in [0.15, 0.2) is 71.9 Å². The molecule has 0 fully saturated rings. The second kappa shape index (κ2) is 9.77. The topological polar surface area (TPSA) is 85.9 Å². The van der Waals surface area contributed by atoms with Crippen LogP contribution in [0.1, 0.15) is 46.8 Å². The van der Waals surface area contributed by atoms with E-state index in [9.17, 15) is 9.59 Å². The molecule has 0 bridgehead atoms. The fourth-order valence-corrected chi connectivity index (χ4v) is 4.91. The molecule has 0 aromatic heterocycles. The third-order valence-corrected chi connectivity index (χ3v) is 6.67. The van der Waals surface area contributed by atoms with E-state index in [0.29, 0.717) is 40.4 Å². The summed E-state index contributed by atoms with van der Waals surface area (Å²) in [4.78, 5) is 26.3. The Bertz CT molecular complexity index is 1340. The van der Waals surface area contributed by atoms with Gasteiger partial charge in [0.1, 0.15) is 0 Å². The Morgan fingerprint density at radius 3 is 2.22 bits per heavy atom. The fourth-order valence-electron chi connectivity index (χ4n) is 4.91. The first-order chi connectivity index (χ1) is 17.5. The number of benzene rings is 3. The molecule has 3 aromatic carbocycles. The molecule has 2 N–H and O–H groups in total. The predicted molar refractivity (Wildman–Crippen MR) is 138 cm³/mol. The maximum absolute atomic E-state index is 13.2. The first kappa shape index (κ1) is 23.5. The van der Waals surface area contributed by atoms with Crippen LogP contribution in [-0.4, -0.2) is 32.9 Å². The SMILES string of the molecule is COc1cc([C@@H]2Nc3ccc(C(=O)c4ccccc4)cc3NC3=C2C(=O)CCC3)cc(OC)c1OC. The van der Waals surface area contributed by atoms with E-state index in [4.69, 9.17) is 14.2 Å². The van der Waals surface area contributed by atoms with E-state index in [-0.39, 0.29) is 11.6 Å². The van der Waals surface area contributed by atoms with E-state index in [1.165, 1.54) is 0 Å². The fraction of sp³-hybridized carbons (Fsp3) is 0.241. The van der Waals surface area contributed by atoms with Crippen molar-refractivity contribution in [3.63, 3.8) is 0 Å². The molecule has 7 heteroatoms. The Labute approximate surface area is 210 Å². The molecule has 0 saturated heterocycles. The van der Waals surface area contributed by atoms with E-state index in [0.717, 1.165) is 35.5 Å². The number of nitrogens with one attached hydrogen (secondary N) is 2. The van der Waals surface area contributed by atoms with Gasteiger partial charge in [0.05, 0.1) is 38.7 Å². The number of ketones is 2. The van der Waals surface area contributed by atoms with Gasteiger partial charge in [-0.25, -0.2) is 0 Å². The predicted octanol–water partition coefficient (Wildman–Crippen LogP) is 5.53. The van der Waals surface area contributed by atoms with Crippen LogP contribution in [0.2, 0.25) is 0 Å². The first-order valence-electron chi connectivity index (χ1n) is 11.9. The Morgan fingerprint density at radius 2 is 1.56 bits per heavy atom. The molecule has 7 nitrogen and oxygen atoms in total. The van der Waals surface area contributed by atoms with Crippen LogP contribution in [0.25, 0.3) is 0 Å². The number of allylic oxidation sites excluding steroid dienone is 1. The highest BCUT2D eigenvalue weighted by Gasteiger charge is 2.33. The number of ether oxygens (including phenoxy) is 3. The minimum atomic E-state index is -0.439. The zero-order valence-electron chi connectivity index (χ0n) is 20.5. The quantitative estimate of drug-likeness (QED) is 0.445. The summed E-state index contributed by atoms with van der Waals surface area (Å²) in [5.41, 5.74) is 5.11. The third kappa shape index (κ3) is 4.17. The molecule has 1 aliphatic heterocycles. The average Bonchev–Trinajstić information content (AvgIpc) is 3.09. The molecule has 0 amide bonds. The summed E-state index contributed by atoms with van der Waals surface area (Å²) in [5, 5.41) is 7.02. The highest BCUT2D eigenvalue weighted by atomic mass is 16.5. The number of carbonyl (C=O) groups is 2. The van der Waals surface area contributed by atoms with Crippen molar-refractivity contribution in [1.82, 2.24) is 0 Å². The van der Waals surface area contributed by atoms with Crippen LogP contribution >= 0.6 is 0 Å². The molecule has 2 aliphatic rings. The summed E-state index contributed by atoms with van der Waals surface area (Å²) in [6.07, 6.45) is 1.99. The smallest absolute Gasteiger partial charge is 0.203 e. The number of carbonyl (C=O) groups excluding carboxylic acids is 2. The summed E-state index contributed by atoms with van der Waals surface area (Å²) in [6.45, 7) is 0. The zero-order chi connectivity index (χ0) is 25.2. The molecule has 184 valence electrons. The minimum absolute atomic E-state index is 0.0560. The number of hydrogen-bond acceptors (Lipinski definition) is 7. The molecule has 0 radical (unpaired) electrons. The number of Topliss-reactive ketones (excluding diaryl/α,β-unsaturated/α-hetero) is 1. The van der Waals surface area contributed by atoms with Crippen LogP contribution in [-0.2, 0) is 4.79 Å². The average molecular weight is 485 g/mol. The lowest BCUT2D eigenvalue weighted by atomic mass is 9.86. The molecule has 3 aromatic rings. The van der Waals surface area contributed by atoms with Gasteiger partial charge in [-0.05, 0) is 48.7 Å². The second-order valence-electron chi connectivity index (χ2n) is 8.79. The standard InChI is InChI=1S/C29H28N2O5/c1-34-24-15-19(16-25(35-2)29(24)36-3)27-26-21(10-7-11-23(26)32)30-22-14-18(12-13-20(22)31-27)28(33)17-8-5-4-6-9-17/h4-6,8-9,12-16,27,30-31H,7,10-11H2,1-3H3/t27-/m0/s1. The molecule has 0 saturated carbocycles. The van der Waals surface area contributed by atoms with Gasteiger partial charge in [0, 0.05) is 28.8 Å². The number of anilines is 2. The van der Waals surface area contributed by atoms with Gasteiger partial charge in [0.2, 0.25) is 5.75 Å². The highest BCUT2D eigenvalue weighted by molar-refractivity contribution is 6.10. The van der Waals surface area contributed by atoms with Gasteiger partial charge in [-0.2, -0.15) is 0 Å². The van der Waals surface area contributed by atoms with Crippen LogP contribution in [0.5, 0.6) is 17.2 Å². The van der Waals surface area contributed by atoms with Crippen molar-refractivity contribution in [2.24, 2.45) is 0 Å². The largest absolute Gasteiger partial charge is 0.493 e. The van der Waals surface area contributed by atoms with Crippen LogP contribution < -0.4 is 24.8 Å². The molecule has 0 spiro atoms. The molecule has 1 heterocycles. The highest BCUT2D eigenvalue weighted by Crippen LogP contribution is 2.45. The number of hydrogen-bond donors (Lipinski definition) is 2. The molecule has 1 aliphatic carbocycles. The van der Waals surface area contributed by atoms with Gasteiger partial charge >= 0.3 is 0 Å². The lowest BCUT2D eigenvalue weighted by Gasteiger charge is -2.26. The van der Waals surface area contributed by atoms with Crippen LogP contribution in [0.4, 0.5) is 11.4 Å². The van der Waals surface area contributed by atoms with Gasteiger partial charge in [0.15, 0.2) is 23.1 Å². The van der Waals surface area contributed by atoms with E-state index in [1.54, 1.807) is 39.5 Å². The molecule has 5 rings (SSSR count). The molecular weight excluding hydrogens is 456 g/mol. The van der Waals surface area contributed by atoms with Crippen molar-refractivity contribution < 1.29 is 23.8 Å². The third-order valence-electron chi connectivity index (χ3n) is 6.67. The second-order valence-corrected chi connectivity index (χ2v) is 8.79. The maximum Gasteiger partial charge on any atom is 0.203 e. The number of fused-ring (bicyclic) bond motifs is 1. The Morgan fingerprint density at radius 1 is 0.833 bits per heavy atom. The van der Waals surface area contributed by atoms with E-state index in [1.807, 2.05) is 42.5 Å². The van der Waals surface area contributed by atoms with Gasteiger partial charge < -0.3 is 24.8 Å². The lowest BCUT2D eigenvalue weighted by Crippen LogP contribution is -2.23. The Balaban J connectivity index is 1.61. The molecule has 0 unspecified atom stereocenters. The summed E-state index contributed by atoms with van der Waals surface area (Å²) >= 11 is 0. The summed E-state index contributed by atoms with van der Waals surface area (Å²) in [7, 11) is 4.70. The van der Waals surface area contributed by atoms with Crippen LogP contribution in [0, 0.1) is 0 Å². The van der Waals surface area contributed by atoms with E-state index in [2.05, 4.69) is 10.6 Å². The van der Waals surface area contributed by atoms with Gasteiger partial charge in [-0.3, -0.25) is 9.59 Å². The van der Waals surface area contributed by atoms with Crippen molar-refractivity contribution in [3.8, 4) is 17.2 Å². The summed E-state index contributed by atoms with van der Waals surface area (Å²) < 4.78 is 16.6. The normalized spacial score (nSPS) is 16.6. The Kier molecular flexibility index (Phi) is 6.38. The van der Waals surface area contributed by atoms with Crippen molar-refractivity contribution in [2.75, 3.05) is 32.0 Å². The first-order valence-corrected chi connectivity index (χ1v) is 11.9. The monoisotopic (exact) mass is 484 g/mol. The van der Waals surface area contributed by atoms with Gasteiger partial charge in [0.25, 0.3) is 0 Å². The zero-order valence-corrected chi connectivity index (χ0v) is 20.5. The number of rotatable bonds is 6. The van der Waals surface area contributed by atoms with Crippen molar-refractivity contribution >= 4 is 22.9 Å².